The molecule has 0 bridgehead atoms. The highest BCUT2D eigenvalue weighted by atomic mass is 16.5. The van der Waals surface area contributed by atoms with Gasteiger partial charge in [-0.2, -0.15) is 0 Å². The Morgan fingerprint density at radius 2 is 2.40 bits per heavy atom. The molecule has 4 nitrogen and oxygen atoms in total. The van der Waals surface area contributed by atoms with E-state index >= 15 is 0 Å². The Kier molecular flexibility index (Phi) is 4.77. The number of anilines is 1. The summed E-state index contributed by atoms with van der Waals surface area (Å²) in [5.41, 5.74) is 1.98. The second-order valence-electron chi connectivity index (χ2n) is 3.46. The molecule has 0 fully saturated rings. The number of hydrogen-bond donors (Lipinski definition) is 1. The van der Waals surface area contributed by atoms with Crippen LogP contribution in [0.25, 0.3) is 0 Å². The van der Waals surface area contributed by atoms with Crippen LogP contribution in [0.5, 0.6) is 0 Å². The molecule has 0 saturated carbocycles. The second-order valence-corrected chi connectivity index (χ2v) is 3.46. The molecule has 0 spiro atoms. The van der Waals surface area contributed by atoms with Gasteiger partial charge in [-0.3, -0.25) is 0 Å². The molecule has 0 aromatic carbocycles. The van der Waals surface area contributed by atoms with Crippen molar-refractivity contribution in [1.29, 1.82) is 0 Å². The van der Waals surface area contributed by atoms with Crippen LogP contribution in [0.4, 0.5) is 5.95 Å². The second kappa shape index (κ2) is 6.14. The largest absolute Gasteiger partial charge is 0.375 e. The van der Waals surface area contributed by atoms with Gasteiger partial charge in [-0.15, -0.1) is 0 Å². The molecule has 15 heavy (non-hydrogen) atoms. The van der Waals surface area contributed by atoms with Crippen LogP contribution in [0.2, 0.25) is 0 Å². The molecule has 0 atom stereocenters. The highest BCUT2D eigenvalue weighted by Gasteiger charge is 1.94. The topological polar surface area (TPSA) is 47.0 Å². The van der Waals surface area contributed by atoms with Gasteiger partial charge in [0.25, 0.3) is 0 Å². The minimum absolute atomic E-state index is 0.607. The van der Waals surface area contributed by atoms with Crippen LogP contribution in [0.3, 0.4) is 0 Å². The summed E-state index contributed by atoms with van der Waals surface area (Å²) >= 11 is 0. The summed E-state index contributed by atoms with van der Waals surface area (Å²) in [5, 5.41) is 3.08. The number of rotatable bonds is 6. The molecule has 0 unspecified atom stereocenters. The summed E-state index contributed by atoms with van der Waals surface area (Å²) in [6.45, 7) is 9.57. The van der Waals surface area contributed by atoms with E-state index in [1.54, 1.807) is 6.20 Å². The van der Waals surface area contributed by atoms with Crippen molar-refractivity contribution in [2.75, 3.05) is 25.1 Å². The third kappa shape index (κ3) is 5.12. The Hall–Kier alpha value is -1.42. The number of nitrogens with one attached hydrogen (secondary N) is 1. The van der Waals surface area contributed by atoms with Gasteiger partial charge in [0, 0.05) is 18.4 Å². The molecule has 0 aliphatic rings. The molecule has 1 N–H and O–H groups in total. The fourth-order valence-electron chi connectivity index (χ4n) is 1.02. The molecule has 1 aromatic heterocycles. The molecular weight excluding hydrogens is 190 g/mol. The summed E-state index contributed by atoms with van der Waals surface area (Å²) in [4.78, 5) is 8.29. The summed E-state index contributed by atoms with van der Waals surface area (Å²) in [6, 6.07) is 1.86. The molecule has 1 aromatic rings. The lowest BCUT2D eigenvalue weighted by Crippen LogP contribution is -2.12. The van der Waals surface area contributed by atoms with Crippen LogP contribution >= 0.6 is 0 Å². The molecular formula is C11H17N3O. The standard InChI is InChI=1S/C11H17N3O/c1-9(2)8-15-7-6-13-11-12-5-4-10(3)14-11/h4-5H,1,6-8H2,2-3H3,(H,12,13,14). The van der Waals surface area contributed by atoms with Gasteiger partial charge < -0.3 is 10.1 Å². The first-order valence-electron chi connectivity index (χ1n) is 4.94. The predicted octanol–water partition coefficient (Wildman–Crippen LogP) is 1.79. The molecule has 0 aliphatic heterocycles. The minimum atomic E-state index is 0.607. The molecule has 82 valence electrons. The number of aromatic nitrogens is 2. The van der Waals surface area contributed by atoms with E-state index in [1.165, 1.54) is 0 Å². The zero-order valence-corrected chi connectivity index (χ0v) is 9.29. The average molecular weight is 207 g/mol. The first kappa shape index (κ1) is 11.7. The van der Waals surface area contributed by atoms with Gasteiger partial charge in [0.15, 0.2) is 0 Å². The van der Waals surface area contributed by atoms with Crippen molar-refractivity contribution in [1.82, 2.24) is 9.97 Å². The summed E-state index contributed by atoms with van der Waals surface area (Å²) in [7, 11) is 0. The van der Waals surface area contributed by atoms with E-state index in [0.717, 1.165) is 11.3 Å². The SMILES string of the molecule is C=C(C)COCCNc1nccc(C)n1. The molecule has 4 heteroatoms. The van der Waals surface area contributed by atoms with E-state index in [1.807, 2.05) is 19.9 Å². The zero-order chi connectivity index (χ0) is 11.1. The Bertz CT molecular complexity index is 325. The molecule has 0 amide bonds. The van der Waals surface area contributed by atoms with Crippen molar-refractivity contribution in [2.24, 2.45) is 0 Å². The Labute approximate surface area is 90.4 Å². The van der Waals surface area contributed by atoms with Crippen LogP contribution in [0.1, 0.15) is 12.6 Å². The van der Waals surface area contributed by atoms with Crippen molar-refractivity contribution >= 4 is 5.95 Å². The maximum atomic E-state index is 5.33. The van der Waals surface area contributed by atoms with Crippen LogP contribution in [-0.4, -0.2) is 29.7 Å². The monoisotopic (exact) mass is 207 g/mol. The first-order valence-corrected chi connectivity index (χ1v) is 4.94. The fourth-order valence-corrected chi connectivity index (χ4v) is 1.02. The lowest BCUT2D eigenvalue weighted by atomic mass is 10.4. The molecule has 0 radical (unpaired) electrons. The number of ether oxygens (including phenoxy) is 1. The Balaban J connectivity index is 2.17. The Morgan fingerprint density at radius 1 is 1.60 bits per heavy atom. The molecule has 1 rings (SSSR count). The van der Waals surface area contributed by atoms with Gasteiger partial charge in [-0.05, 0) is 19.9 Å². The lowest BCUT2D eigenvalue weighted by Gasteiger charge is -2.05. The van der Waals surface area contributed by atoms with Crippen LogP contribution in [-0.2, 0) is 4.74 Å². The maximum Gasteiger partial charge on any atom is 0.222 e. The Morgan fingerprint density at radius 3 is 3.07 bits per heavy atom. The van der Waals surface area contributed by atoms with E-state index in [9.17, 15) is 0 Å². The molecule has 0 aliphatic carbocycles. The van der Waals surface area contributed by atoms with E-state index in [0.29, 0.717) is 25.7 Å². The van der Waals surface area contributed by atoms with E-state index in [4.69, 9.17) is 4.74 Å². The maximum absolute atomic E-state index is 5.33. The zero-order valence-electron chi connectivity index (χ0n) is 9.29. The number of aryl methyl sites for hydroxylation is 1. The van der Waals surface area contributed by atoms with Crippen LogP contribution < -0.4 is 5.32 Å². The van der Waals surface area contributed by atoms with Gasteiger partial charge in [0.2, 0.25) is 5.95 Å². The lowest BCUT2D eigenvalue weighted by molar-refractivity contribution is 0.167. The van der Waals surface area contributed by atoms with Crippen molar-refractivity contribution in [2.45, 2.75) is 13.8 Å². The summed E-state index contributed by atoms with van der Waals surface area (Å²) in [5.74, 6) is 0.647. The third-order valence-electron chi connectivity index (χ3n) is 1.67. The van der Waals surface area contributed by atoms with E-state index in [2.05, 4.69) is 21.9 Å². The number of hydrogen-bond acceptors (Lipinski definition) is 4. The van der Waals surface area contributed by atoms with Crippen molar-refractivity contribution in [3.05, 3.63) is 30.1 Å². The number of nitrogens with zero attached hydrogens (tertiary/aromatic N) is 2. The fraction of sp³-hybridized carbons (Fsp3) is 0.455. The first-order chi connectivity index (χ1) is 7.18. The molecule has 0 saturated heterocycles. The minimum Gasteiger partial charge on any atom is -0.375 e. The van der Waals surface area contributed by atoms with Gasteiger partial charge in [-0.1, -0.05) is 12.2 Å². The highest BCUT2D eigenvalue weighted by molar-refractivity contribution is 5.24. The van der Waals surface area contributed by atoms with Gasteiger partial charge in [-0.25, -0.2) is 9.97 Å². The molecule has 1 heterocycles. The van der Waals surface area contributed by atoms with Gasteiger partial charge in [0.1, 0.15) is 0 Å². The summed E-state index contributed by atoms with van der Waals surface area (Å²) < 4.78 is 5.33. The quantitative estimate of drug-likeness (QED) is 0.570. The third-order valence-corrected chi connectivity index (χ3v) is 1.67. The van der Waals surface area contributed by atoms with Crippen LogP contribution in [0, 0.1) is 6.92 Å². The van der Waals surface area contributed by atoms with Crippen molar-refractivity contribution in [3.63, 3.8) is 0 Å². The van der Waals surface area contributed by atoms with E-state index in [-0.39, 0.29) is 0 Å². The van der Waals surface area contributed by atoms with Crippen molar-refractivity contribution in [3.8, 4) is 0 Å². The van der Waals surface area contributed by atoms with Crippen LogP contribution in [0.15, 0.2) is 24.4 Å². The average Bonchev–Trinajstić information content (AvgIpc) is 2.17. The van der Waals surface area contributed by atoms with Crippen molar-refractivity contribution < 1.29 is 4.74 Å². The van der Waals surface area contributed by atoms with Gasteiger partial charge in [0.05, 0.1) is 13.2 Å². The normalized spacial score (nSPS) is 10.0. The van der Waals surface area contributed by atoms with Gasteiger partial charge >= 0.3 is 0 Å². The van der Waals surface area contributed by atoms with E-state index < -0.39 is 0 Å². The highest BCUT2D eigenvalue weighted by Crippen LogP contribution is 1.97. The predicted molar refractivity (Wildman–Crippen MR) is 60.9 cm³/mol. The smallest absolute Gasteiger partial charge is 0.222 e. The summed E-state index contributed by atoms with van der Waals surface area (Å²) in [6.07, 6.45) is 1.74.